The van der Waals surface area contributed by atoms with E-state index >= 15 is 0 Å². The third-order valence-electron chi connectivity index (χ3n) is 2.43. The summed E-state index contributed by atoms with van der Waals surface area (Å²) in [7, 11) is 2.76. The molecule has 0 aliphatic carbocycles. The lowest BCUT2D eigenvalue weighted by atomic mass is 10.3. The SMILES string of the molecule is COCc1nn(-c2cccc(Cl)c2)c(Cl)c1S(=O)(=O)Cl. The van der Waals surface area contributed by atoms with Crippen molar-refractivity contribution in [2.24, 2.45) is 0 Å². The van der Waals surface area contributed by atoms with Crippen molar-refractivity contribution in [2.75, 3.05) is 7.11 Å². The van der Waals surface area contributed by atoms with Crippen molar-refractivity contribution in [3.8, 4) is 5.69 Å². The van der Waals surface area contributed by atoms with E-state index in [-0.39, 0.29) is 22.3 Å². The molecular formula is C11H9Cl3N2O3S. The number of rotatable bonds is 4. The third kappa shape index (κ3) is 3.10. The zero-order valence-corrected chi connectivity index (χ0v) is 13.3. The van der Waals surface area contributed by atoms with Gasteiger partial charge in [-0.15, -0.1) is 0 Å². The molecule has 0 atom stereocenters. The molecule has 0 saturated carbocycles. The van der Waals surface area contributed by atoms with Crippen molar-refractivity contribution in [1.29, 1.82) is 0 Å². The van der Waals surface area contributed by atoms with Crippen LogP contribution in [0, 0.1) is 0 Å². The van der Waals surface area contributed by atoms with Crippen LogP contribution in [0.3, 0.4) is 0 Å². The molecule has 0 radical (unpaired) electrons. The number of hydrogen-bond donors (Lipinski definition) is 0. The number of methoxy groups -OCH3 is 1. The molecule has 0 fully saturated rings. The van der Waals surface area contributed by atoms with E-state index in [1.807, 2.05) is 0 Å². The molecule has 9 heteroatoms. The van der Waals surface area contributed by atoms with Gasteiger partial charge < -0.3 is 4.74 Å². The number of nitrogens with zero attached hydrogens (tertiary/aromatic N) is 2. The van der Waals surface area contributed by atoms with Crippen molar-refractivity contribution in [1.82, 2.24) is 9.78 Å². The van der Waals surface area contributed by atoms with E-state index in [1.54, 1.807) is 24.3 Å². The molecule has 2 aromatic rings. The normalized spacial score (nSPS) is 11.8. The van der Waals surface area contributed by atoms with Crippen LogP contribution in [0.1, 0.15) is 5.69 Å². The number of hydrogen-bond acceptors (Lipinski definition) is 4. The van der Waals surface area contributed by atoms with Gasteiger partial charge >= 0.3 is 0 Å². The van der Waals surface area contributed by atoms with Crippen LogP contribution < -0.4 is 0 Å². The fourth-order valence-electron chi connectivity index (χ4n) is 1.68. The van der Waals surface area contributed by atoms with E-state index in [0.29, 0.717) is 10.7 Å². The predicted molar refractivity (Wildman–Crippen MR) is 77.3 cm³/mol. The Morgan fingerprint density at radius 2 is 2.05 bits per heavy atom. The fourth-order valence-corrected chi connectivity index (χ4v) is 3.68. The van der Waals surface area contributed by atoms with E-state index < -0.39 is 9.05 Å². The van der Waals surface area contributed by atoms with Crippen LogP contribution in [0.2, 0.25) is 10.2 Å². The van der Waals surface area contributed by atoms with Gasteiger partial charge in [0, 0.05) is 22.8 Å². The average molecular weight is 356 g/mol. The molecule has 0 amide bonds. The molecule has 5 nitrogen and oxygen atoms in total. The summed E-state index contributed by atoms with van der Waals surface area (Å²) in [5.74, 6) is 0. The first-order valence-corrected chi connectivity index (χ1v) is 8.38. The topological polar surface area (TPSA) is 61.2 Å². The molecule has 1 aromatic carbocycles. The van der Waals surface area contributed by atoms with Crippen molar-refractivity contribution in [3.63, 3.8) is 0 Å². The molecule has 20 heavy (non-hydrogen) atoms. The highest BCUT2D eigenvalue weighted by molar-refractivity contribution is 8.13. The molecule has 1 aromatic heterocycles. The minimum atomic E-state index is -4.04. The van der Waals surface area contributed by atoms with E-state index in [4.69, 9.17) is 38.6 Å². The van der Waals surface area contributed by atoms with Gasteiger partial charge in [0.1, 0.15) is 10.6 Å². The van der Waals surface area contributed by atoms with Crippen LogP contribution in [0.25, 0.3) is 5.69 Å². The van der Waals surface area contributed by atoms with Crippen molar-refractivity contribution in [3.05, 3.63) is 40.1 Å². The number of ether oxygens (including phenoxy) is 1. The Hall–Kier alpha value is -0.790. The minimum absolute atomic E-state index is 0.0332. The van der Waals surface area contributed by atoms with Gasteiger partial charge in [-0.2, -0.15) is 5.10 Å². The Labute approximate surface area is 130 Å². The van der Waals surface area contributed by atoms with Gasteiger partial charge in [0.25, 0.3) is 9.05 Å². The highest BCUT2D eigenvalue weighted by atomic mass is 35.7. The smallest absolute Gasteiger partial charge is 0.266 e. The zero-order valence-electron chi connectivity index (χ0n) is 10.2. The summed E-state index contributed by atoms with van der Waals surface area (Å²) in [6, 6.07) is 6.66. The first-order chi connectivity index (χ1) is 9.34. The molecule has 0 aliphatic rings. The summed E-state index contributed by atoms with van der Waals surface area (Å²) >= 11 is 12.0. The van der Waals surface area contributed by atoms with Crippen LogP contribution in [-0.2, 0) is 20.4 Å². The molecule has 2 rings (SSSR count). The summed E-state index contributed by atoms with van der Waals surface area (Å²) in [4.78, 5) is -0.261. The monoisotopic (exact) mass is 354 g/mol. The quantitative estimate of drug-likeness (QED) is 0.790. The Kier molecular flexibility index (Phi) is 4.61. The van der Waals surface area contributed by atoms with Gasteiger partial charge in [-0.3, -0.25) is 0 Å². The van der Waals surface area contributed by atoms with Gasteiger partial charge in [0.15, 0.2) is 5.15 Å². The standard InChI is InChI=1S/C11H9Cl3N2O3S/c1-19-6-9-10(20(14,17)18)11(13)16(15-9)8-4-2-3-7(12)5-8/h2-5H,6H2,1H3. The lowest BCUT2D eigenvalue weighted by Crippen LogP contribution is -1.98. The van der Waals surface area contributed by atoms with Crippen molar-refractivity contribution >= 4 is 42.9 Å². The van der Waals surface area contributed by atoms with Crippen LogP contribution in [0.4, 0.5) is 0 Å². The Morgan fingerprint density at radius 3 is 2.60 bits per heavy atom. The number of benzene rings is 1. The first kappa shape index (κ1) is 15.6. The Balaban J connectivity index is 2.68. The second kappa shape index (κ2) is 5.91. The molecule has 108 valence electrons. The van der Waals surface area contributed by atoms with Crippen LogP contribution in [0.15, 0.2) is 29.2 Å². The summed E-state index contributed by atoms with van der Waals surface area (Å²) in [5, 5.41) is 4.47. The summed E-state index contributed by atoms with van der Waals surface area (Å²) in [6.45, 7) is -0.0332. The van der Waals surface area contributed by atoms with E-state index in [9.17, 15) is 8.42 Å². The van der Waals surface area contributed by atoms with Crippen LogP contribution in [-0.4, -0.2) is 25.3 Å². The van der Waals surface area contributed by atoms with Crippen molar-refractivity contribution in [2.45, 2.75) is 11.5 Å². The molecule has 0 N–H and O–H groups in total. The summed E-state index contributed by atoms with van der Waals surface area (Å²) < 4.78 is 29.4. The largest absolute Gasteiger partial charge is 0.378 e. The van der Waals surface area contributed by atoms with Gasteiger partial charge in [-0.05, 0) is 18.2 Å². The van der Waals surface area contributed by atoms with Crippen molar-refractivity contribution < 1.29 is 13.2 Å². The first-order valence-electron chi connectivity index (χ1n) is 5.31. The molecular weight excluding hydrogens is 347 g/mol. The Morgan fingerprint density at radius 1 is 1.35 bits per heavy atom. The molecule has 0 aliphatic heterocycles. The second-order valence-electron chi connectivity index (χ2n) is 3.83. The lowest BCUT2D eigenvalue weighted by Gasteiger charge is -2.03. The number of aromatic nitrogens is 2. The zero-order chi connectivity index (χ0) is 14.9. The molecule has 0 saturated heterocycles. The fraction of sp³-hybridized carbons (Fsp3) is 0.182. The lowest BCUT2D eigenvalue weighted by molar-refractivity contribution is 0.179. The van der Waals surface area contributed by atoms with E-state index in [0.717, 1.165) is 0 Å². The van der Waals surface area contributed by atoms with Gasteiger partial charge in [-0.1, -0.05) is 29.3 Å². The maximum Gasteiger partial charge on any atom is 0.266 e. The van der Waals surface area contributed by atoms with Crippen LogP contribution in [0.5, 0.6) is 0 Å². The molecule has 0 spiro atoms. The minimum Gasteiger partial charge on any atom is -0.378 e. The van der Waals surface area contributed by atoms with Gasteiger partial charge in [0.2, 0.25) is 0 Å². The maximum atomic E-state index is 11.6. The summed E-state index contributed by atoms with van der Waals surface area (Å²) in [6.07, 6.45) is 0. The molecule has 0 bridgehead atoms. The molecule has 0 unspecified atom stereocenters. The number of halogens is 3. The average Bonchev–Trinajstić information content (AvgIpc) is 2.66. The van der Waals surface area contributed by atoms with E-state index in [1.165, 1.54) is 11.8 Å². The predicted octanol–water partition coefficient (Wildman–Crippen LogP) is 3.25. The molecule has 1 heterocycles. The van der Waals surface area contributed by atoms with E-state index in [2.05, 4.69) is 5.10 Å². The van der Waals surface area contributed by atoms with Gasteiger partial charge in [-0.25, -0.2) is 13.1 Å². The highest BCUT2D eigenvalue weighted by Gasteiger charge is 2.27. The summed E-state index contributed by atoms with van der Waals surface area (Å²) in [5.41, 5.74) is 0.652. The maximum absolute atomic E-state index is 11.6. The highest BCUT2D eigenvalue weighted by Crippen LogP contribution is 2.31. The second-order valence-corrected chi connectivity index (χ2v) is 7.13. The van der Waals surface area contributed by atoms with Crippen LogP contribution >= 0.6 is 33.9 Å². The van der Waals surface area contributed by atoms with Gasteiger partial charge in [0.05, 0.1) is 12.3 Å². The Bertz CT molecular complexity index is 743. The third-order valence-corrected chi connectivity index (χ3v) is 4.51.